The quantitative estimate of drug-likeness (QED) is 0.858. The molecule has 1 aromatic rings. The van der Waals surface area contributed by atoms with Gasteiger partial charge in [0.2, 0.25) is 6.79 Å². The minimum atomic E-state index is -3.25. The van der Waals surface area contributed by atoms with E-state index in [1.54, 1.807) is 12.1 Å². The molecule has 3 rings (SSSR count). The van der Waals surface area contributed by atoms with Crippen LogP contribution in [0, 0.1) is 0 Å². The van der Waals surface area contributed by atoms with Gasteiger partial charge in [-0.15, -0.1) is 0 Å². The third-order valence-electron chi connectivity index (χ3n) is 3.91. The van der Waals surface area contributed by atoms with Crippen molar-refractivity contribution in [2.75, 3.05) is 26.8 Å². The van der Waals surface area contributed by atoms with Gasteiger partial charge >= 0.3 is 0 Å². The first-order valence-corrected chi connectivity index (χ1v) is 8.19. The van der Waals surface area contributed by atoms with Crippen LogP contribution in [-0.4, -0.2) is 46.0 Å². The summed E-state index contributed by atoms with van der Waals surface area (Å²) in [6.07, 6.45) is 1.21. The fourth-order valence-corrected chi connectivity index (χ4v) is 4.92. The van der Waals surface area contributed by atoms with Gasteiger partial charge in [0.05, 0.1) is 17.4 Å². The summed E-state index contributed by atoms with van der Waals surface area (Å²) in [6, 6.07) is 5.42. The maximum Gasteiger partial charge on any atom is 0.231 e. The van der Waals surface area contributed by atoms with Crippen LogP contribution in [-0.2, 0) is 14.6 Å². The lowest BCUT2D eigenvalue weighted by Gasteiger charge is -2.10. The van der Waals surface area contributed by atoms with Crippen molar-refractivity contribution in [1.29, 1.82) is 0 Å². The topological polar surface area (TPSA) is 87.9 Å². The molecule has 0 bridgehead atoms. The zero-order valence-electron chi connectivity index (χ0n) is 11.3. The number of hydrogen-bond donors (Lipinski definition) is 1. The molecule has 1 heterocycles. The number of ether oxygens (including phenoxy) is 3. The highest BCUT2D eigenvalue weighted by atomic mass is 32.2. The maximum atomic E-state index is 11.9. The summed E-state index contributed by atoms with van der Waals surface area (Å²) in [4.78, 5) is 0. The molecule has 3 atom stereocenters. The standard InChI is InChI=1S/C13H17NO5S/c1-17-6-13(14)11(12(13)20(2,15)16)8-3-4-9-10(5-8)19-7-18-9/h3-5,11-12H,6-7,14H2,1-2H3/t11-,12+,13-/m0/s1. The van der Waals surface area contributed by atoms with Crippen LogP contribution in [0.15, 0.2) is 18.2 Å². The third kappa shape index (κ3) is 1.97. The molecular formula is C13H17NO5S. The summed E-state index contributed by atoms with van der Waals surface area (Å²) in [5.74, 6) is 1.01. The molecule has 1 aliphatic heterocycles. The molecule has 20 heavy (non-hydrogen) atoms. The molecule has 0 radical (unpaired) electrons. The van der Waals surface area contributed by atoms with Crippen molar-refractivity contribution in [1.82, 2.24) is 0 Å². The average molecular weight is 299 g/mol. The van der Waals surface area contributed by atoms with E-state index in [4.69, 9.17) is 19.9 Å². The Hall–Kier alpha value is -1.31. The van der Waals surface area contributed by atoms with Crippen molar-refractivity contribution in [3.63, 3.8) is 0 Å². The molecule has 2 aliphatic rings. The highest BCUT2D eigenvalue weighted by molar-refractivity contribution is 7.91. The Morgan fingerprint density at radius 2 is 2.10 bits per heavy atom. The van der Waals surface area contributed by atoms with Gasteiger partial charge in [-0.05, 0) is 17.7 Å². The highest BCUT2D eigenvalue weighted by Gasteiger charge is 2.68. The Kier molecular flexibility index (Phi) is 2.97. The van der Waals surface area contributed by atoms with E-state index >= 15 is 0 Å². The number of methoxy groups -OCH3 is 1. The molecule has 110 valence electrons. The number of rotatable bonds is 4. The summed E-state index contributed by atoms with van der Waals surface area (Å²) < 4.78 is 39.5. The Balaban J connectivity index is 1.97. The molecule has 1 aromatic carbocycles. The van der Waals surface area contributed by atoms with E-state index in [0.29, 0.717) is 11.5 Å². The maximum absolute atomic E-state index is 11.9. The second-order valence-electron chi connectivity index (χ2n) is 5.39. The van der Waals surface area contributed by atoms with Crippen molar-refractivity contribution in [2.24, 2.45) is 5.73 Å². The first kappa shape index (κ1) is 13.7. The third-order valence-corrected chi connectivity index (χ3v) is 5.55. The lowest BCUT2D eigenvalue weighted by Crippen LogP contribution is -2.35. The molecule has 1 aliphatic carbocycles. The molecule has 6 nitrogen and oxygen atoms in total. The minimum Gasteiger partial charge on any atom is -0.454 e. The second kappa shape index (κ2) is 4.34. The summed E-state index contributed by atoms with van der Waals surface area (Å²) in [5.41, 5.74) is 6.19. The van der Waals surface area contributed by atoms with E-state index in [-0.39, 0.29) is 19.3 Å². The molecule has 0 spiro atoms. The fourth-order valence-electron chi connectivity index (χ4n) is 3.08. The summed E-state index contributed by atoms with van der Waals surface area (Å²) in [5, 5.41) is -0.629. The molecular weight excluding hydrogens is 282 g/mol. The number of hydrogen-bond acceptors (Lipinski definition) is 6. The van der Waals surface area contributed by atoms with Gasteiger partial charge in [0.15, 0.2) is 21.3 Å². The van der Waals surface area contributed by atoms with Crippen LogP contribution in [0.5, 0.6) is 11.5 Å². The van der Waals surface area contributed by atoms with Crippen LogP contribution in [0.2, 0.25) is 0 Å². The predicted octanol–water partition coefficient (Wildman–Crippen LogP) is 0.270. The lowest BCUT2D eigenvalue weighted by molar-refractivity contribution is 0.171. The molecule has 0 amide bonds. The smallest absolute Gasteiger partial charge is 0.231 e. The molecule has 0 unspecified atom stereocenters. The van der Waals surface area contributed by atoms with E-state index in [9.17, 15) is 8.42 Å². The van der Waals surface area contributed by atoms with Gasteiger partial charge in [-0.25, -0.2) is 8.42 Å². The SMILES string of the molecule is COC[C@@]1(N)[C@H](S(C)(=O)=O)[C@@H]1c1ccc2c(c1)OCO2. The highest BCUT2D eigenvalue weighted by Crippen LogP contribution is 2.55. The van der Waals surface area contributed by atoms with Crippen LogP contribution in [0.3, 0.4) is 0 Å². The van der Waals surface area contributed by atoms with Crippen molar-refractivity contribution < 1.29 is 22.6 Å². The summed E-state index contributed by atoms with van der Waals surface area (Å²) >= 11 is 0. The normalized spacial score (nSPS) is 31.4. The number of benzene rings is 1. The number of sulfone groups is 1. The molecule has 1 fully saturated rings. The van der Waals surface area contributed by atoms with E-state index in [1.165, 1.54) is 13.4 Å². The van der Waals surface area contributed by atoms with Gasteiger partial charge in [-0.1, -0.05) is 6.07 Å². The Morgan fingerprint density at radius 1 is 1.40 bits per heavy atom. The Morgan fingerprint density at radius 3 is 2.75 bits per heavy atom. The minimum absolute atomic E-state index is 0.185. The predicted molar refractivity (Wildman–Crippen MR) is 72.7 cm³/mol. The van der Waals surface area contributed by atoms with Crippen LogP contribution in [0.4, 0.5) is 0 Å². The van der Waals surface area contributed by atoms with Crippen molar-refractivity contribution in [3.8, 4) is 11.5 Å². The first-order valence-electron chi connectivity index (χ1n) is 6.24. The van der Waals surface area contributed by atoms with E-state index in [2.05, 4.69) is 0 Å². The number of nitrogens with two attached hydrogens (primary N) is 1. The molecule has 7 heteroatoms. The van der Waals surface area contributed by atoms with E-state index < -0.39 is 20.6 Å². The Labute approximate surface area is 117 Å². The largest absolute Gasteiger partial charge is 0.454 e. The van der Waals surface area contributed by atoms with Crippen LogP contribution >= 0.6 is 0 Å². The lowest BCUT2D eigenvalue weighted by atomic mass is 10.1. The van der Waals surface area contributed by atoms with Crippen molar-refractivity contribution in [3.05, 3.63) is 23.8 Å². The van der Waals surface area contributed by atoms with Gasteiger partial charge in [-0.2, -0.15) is 0 Å². The zero-order valence-corrected chi connectivity index (χ0v) is 12.1. The Bertz CT molecular complexity index is 644. The van der Waals surface area contributed by atoms with E-state index in [1.807, 2.05) is 6.07 Å². The van der Waals surface area contributed by atoms with Crippen LogP contribution in [0.25, 0.3) is 0 Å². The van der Waals surface area contributed by atoms with Gasteiger partial charge < -0.3 is 19.9 Å². The second-order valence-corrected chi connectivity index (χ2v) is 7.55. The molecule has 0 aromatic heterocycles. The van der Waals surface area contributed by atoms with Gasteiger partial charge in [0.25, 0.3) is 0 Å². The zero-order chi connectivity index (χ0) is 14.5. The molecule has 0 saturated heterocycles. The summed E-state index contributed by atoms with van der Waals surface area (Å²) in [6.45, 7) is 0.384. The first-order chi connectivity index (χ1) is 9.38. The van der Waals surface area contributed by atoms with E-state index in [0.717, 1.165) is 5.56 Å². The number of fused-ring (bicyclic) bond motifs is 1. The molecule has 2 N–H and O–H groups in total. The average Bonchev–Trinajstić information content (AvgIpc) is 2.77. The summed E-state index contributed by atoms with van der Waals surface area (Å²) in [7, 11) is -1.73. The van der Waals surface area contributed by atoms with Crippen LogP contribution in [0.1, 0.15) is 11.5 Å². The van der Waals surface area contributed by atoms with Crippen molar-refractivity contribution in [2.45, 2.75) is 16.7 Å². The molecule has 1 saturated carbocycles. The van der Waals surface area contributed by atoms with Crippen molar-refractivity contribution >= 4 is 9.84 Å². The van der Waals surface area contributed by atoms with Gasteiger partial charge in [0, 0.05) is 19.3 Å². The van der Waals surface area contributed by atoms with Gasteiger partial charge in [-0.3, -0.25) is 0 Å². The monoisotopic (exact) mass is 299 g/mol. The van der Waals surface area contributed by atoms with Gasteiger partial charge in [0.1, 0.15) is 0 Å². The fraction of sp³-hybridized carbons (Fsp3) is 0.538. The van der Waals surface area contributed by atoms with Crippen LogP contribution < -0.4 is 15.2 Å².